The lowest BCUT2D eigenvalue weighted by Gasteiger charge is -2.41. The minimum atomic E-state index is -0.894. The Labute approximate surface area is 236 Å². The van der Waals surface area contributed by atoms with Crippen molar-refractivity contribution in [3.63, 3.8) is 0 Å². The van der Waals surface area contributed by atoms with E-state index in [4.69, 9.17) is 0 Å². The highest BCUT2D eigenvalue weighted by atomic mass is 32.2. The Morgan fingerprint density at radius 2 is 1.72 bits per heavy atom. The van der Waals surface area contributed by atoms with E-state index in [0.717, 1.165) is 24.9 Å². The van der Waals surface area contributed by atoms with Gasteiger partial charge in [0.2, 0.25) is 17.7 Å². The molecule has 210 valence electrons. The number of benzene rings is 1. The number of fused-ring (bicyclic) bond motifs is 2. The second-order valence-electron chi connectivity index (χ2n) is 11.6. The van der Waals surface area contributed by atoms with Gasteiger partial charge < -0.3 is 19.8 Å². The van der Waals surface area contributed by atoms with E-state index < -0.39 is 33.4 Å². The molecular weight excluding hydrogens is 510 g/mol. The maximum atomic E-state index is 14.6. The molecule has 8 heteroatoms. The Balaban J connectivity index is 1.65. The van der Waals surface area contributed by atoms with Gasteiger partial charge in [-0.3, -0.25) is 14.4 Å². The van der Waals surface area contributed by atoms with Crippen molar-refractivity contribution >= 4 is 35.2 Å². The molecule has 0 saturated carbocycles. The van der Waals surface area contributed by atoms with Crippen LogP contribution >= 0.6 is 11.8 Å². The first-order valence-corrected chi connectivity index (χ1v) is 15.2. The lowest BCUT2D eigenvalue weighted by Crippen LogP contribution is -2.58. The van der Waals surface area contributed by atoms with E-state index >= 15 is 0 Å². The number of nitrogens with zero attached hydrogens (tertiary/aromatic N) is 3. The molecule has 7 nitrogen and oxygen atoms in total. The van der Waals surface area contributed by atoms with Gasteiger partial charge in [0.15, 0.2) is 0 Å². The molecular formula is C31H41N3O4S. The van der Waals surface area contributed by atoms with Gasteiger partial charge in [-0.2, -0.15) is 0 Å². The van der Waals surface area contributed by atoms with Crippen molar-refractivity contribution in [1.29, 1.82) is 0 Å². The van der Waals surface area contributed by atoms with Crippen LogP contribution in [-0.4, -0.2) is 80.4 Å². The van der Waals surface area contributed by atoms with E-state index in [1.165, 1.54) is 0 Å². The zero-order chi connectivity index (χ0) is 27.9. The minimum absolute atomic E-state index is 0.000817. The van der Waals surface area contributed by atoms with Gasteiger partial charge in [0.05, 0.1) is 29.2 Å². The molecule has 0 radical (unpaired) electrons. The van der Waals surface area contributed by atoms with Crippen molar-refractivity contribution in [2.24, 2.45) is 17.8 Å². The van der Waals surface area contributed by atoms with Crippen LogP contribution < -0.4 is 4.90 Å². The molecule has 1 spiro atoms. The molecule has 0 bridgehead atoms. The molecule has 0 aromatic heterocycles. The fraction of sp³-hybridized carbons (Fsp3) is 0.581. The molecule has 0 aliphatic carbocycles. The van der Waals surface area contributed by atoms with E-state index in [2.05, 4.69) is 19.1 Å². The molecule has 1 aromatic rings. The van der Waals surface area contributed by atoms with Crippen molar-refractivity contribution in [1.82, 2.24) is 9.80 Å². The molecule has 5 rings (SSSR count). The summed E-state index contributed by atoms with van der Waals surface area (Å²) >= 11 is 1.60. The summed E-state index contributed by atoms with van der Waals surface area (Å²) in [7, 11) is 0. The number of unbranched alkanes of at least 4 members (excludes halogenated alkanes) is 1. The Morgan fingerprint density at radius 1 is 1.00 bits per heavy atom. The van der Waals surface area contributed by atoms with Gasteiger partial charge in [-0.25, -0.2) is 0 Å². The lowest BCUT2D eigenvalue weighted by atomic mass is 9.74. The Kier molecular flexibility index (Phi) is 7.72. The third-order valence-electron chi connectivity index (χ3n) is 9.27. The first-order valence-electron chi connectivity index (χ1n) is 14.4. The van der Waals surface area contributed by atoms with Crippen LogP contribution in [0.3, 0.4) is 0 Å². The topological polar surface area (TPSA) is 81.2 Å². The molecule has 7 atom stereocenters. The monoisotopic (exact) mass is 551 g/mol. The van der Waals surface area contributed by atoms with Crippen molar-refractivity contribution in [3.05, 3.63) is 54.6 Å². The molecule has 2 saturated heterocycles. The van der Waals surface area contributed by atoms with Crippen molar-refractivity contribution in [3.8, 4) is 0 Å². The number of aliphatic hydroxyl groups is 1. The lowest BCUT2D eigenvalue weighted by molar-refractivity contribution is -0.147. The molecule has 4 heterocycles. The van der Waals surface area contributed by atoms with Gasteiger partial charge in [-0.05, 0) is 31.4 Å². The summed E-state index contributed by atoms with van der Waals surface area (Å²) in [4.78, 5) is 48.8. The molecule has 39 heavy (non-hydrogen) atoms. The largest absolute Gasteiger partial charge is 0.394 e. The van der Waals surface area contributed by atoms with Crippen LogP contribution in [0.1, 0.15) is 47.0 Å². The number of para-hydroxylation sites is 1. The smallest absolute Gasteiger partial charge is 0.247 e. The van der Waals surface area contributed by atoms with Crippen molar-refractivity contribution in [2.45, 2.75) is 68.5 Å². The van der Waals surface area contributed by atoms with E-state index in [-0.39, 0.29) is 30.2 Å². The highest BCUT2D eigenvalue weighted by molar-refractivity contribution is 8.02. The summed E-state index contributed by atoms with van der Waals surface area (Å²) in [6.07, 6.45) is 10.8. The van der Waals surface area contributed by atoms with Crippen LogP contribution in [0.5, 0.6) is 0 Å². The third kappa shape index (κ3) is 4.34. The van der Waals surface area contributed by atoms with Gasteiger partial charge in [0.1, 0.15) is 6.04 Å². The quantitative estimate of drug-likeness (QED) is 0.496. The second-order valence-corrected chi connectivity index (χ2v) is 13.4. The van der Waals surface area contributed by atoms with Crippen LogP contribution in [-0.2, 0) is 14.4 Å². The maximum absolute atomic E-state index is 14.6. The van der Waals surface area contributed by atoms with Crippen molar-refractivity contribution in [2.75, 3.05) is 31.1 Å². The summed E-state index contributed by atoms with van der Waals surface area (Å²) in [6.45, 7) is 9.53. The number of carbonyl (C=O) groups is 3. The first-order chi connectivity index (χ1) is 18.7. The maximum Gasteiger partial charge on any atom is 0.247 e. The number of hydrogen-bond donors (Lipinski definition) is 1. The first kappa shape index (κ1) is 28.0. The molecule has 1 unspecified atom stereocenters. The normalized spacial score (nSPS) is 33.5. The second kappa shape index (κ2) is 10.8. The van der Waals surface area contributed by atoms with Crippen LogP contribution in [0.4, 0.5) is 5.69 Å². The SMILES string of the molecule is CCCCN1CC=C[C@]23S[C@]4(C)C=CCN(c5ccccc5)C(=O)[C@@H]4[C@H]2C(=O)N([C@@H](CO)[C@@H](C)CC)C3C1=O. The van der Waals surface area contributed by atoms with E-state index in [9.17, 15) is 19.5 Å². The summed E-state index contributed by atoms with van der Waals surface area (Å²) < 4.78 is -1.55. The summed E-state index contributed by atoms with van der Waals surface area (Å²) in [6, 6.07) is 8.33. The molecule has 2 fully saturated rings. The standard InChI is InChI=1S/C31H41N3O4S/c1-5-7-17-32-18-12-16-31-25(28(37)34(26(31)29(32)38)23(20-35)21(3)6-2)24-27(36)33(22-13-9-8-10-14-22)19-11-15-30(24,4)39-31/h8-16,21,23-26,35H,5-7,17-20H2,1-4H3/t21-,23-,24-,25-,26?,30+,31-/m0/s1. The number of thioether (sulfide) groups is 1. The molecule has 1 aromatic carbocycles. The van der Waals surface area contributed by atoms with Crippen molar-refractivity contribution < 1.29 is 19.5 Å². The van der Waals surface area contributed by atoms with E-state index in [1.54, 1.807) is 21.6 Å². The van der Waals surface area contributed by atoms with Gasteiger partial charge in [0, 0.05) is 30.1 Å². The van der Waals surface area contributed by atoms with E-state index in [0.29, 0.717) is 19.6 Å². The fourth-order valence-electron chi connectivity index (χ4n) is 7.07. The van der Waals surface area contributed by atoms with Crippen LogP contribution in [0.25, 0.3) is 0 Å². The minimum Gasteiger partial charge on any atom is -0.394 e. The molecule has 3 amide bonds. The molecule has 1 N–H and O–H groups in total. The predicted octanol–water partition coefficient (Wildman–Crippen LogP) is 3.88. The number of hydrogen-bond acceptors (Lipinski definition) is 5. The van der Waals surface area contributed by atoms with Gasteiger partial charge in [-0.15, -0.1) is 11.8 Å². The number of aliphatic hydroxyl groups excluding tert-OH is 1. The average Bonchev–Trinajstić information content (AvgIpc) is 3.20. The highest BCUT2D eigenvalue weighted by Crippen LogP contribution is 2.66. The summed E-state index contributed by atoms with van der Waals surface area (Å²) in [5.41, 5.74) is 0.798. The number of carbonyl (C=O) groups excluding carboxylic acids is 3. The van der Waals surface area contributed by atoms with Gasteiger partial charge >= 0.3 is 0 Å². The Hall–Kier alpha value is -2.58. The predicted molar refractivity (Wildman–Crippen MR) is 155 cm³/mol. The van der Waals surface area contributed by atoms with Gasteiger partial charge in [-0.1, -0.05) is 76.1 Å². The van der Waals surface area contributed by atoms with Crippen LogP contribution in [0.2, 0.25) is 0 Å². The number of anilines is 1. The average molecular weight is 552 g/mol. The fourth-order valence-corrected chi connectivity index (χ4v) is 9.21. The Morgan fingerprint density at radius 3 is 2.38 bits per heavy atom. The number of rotatable bonds is 8. The zero-order valence-corrected chi connectivity index (χ0v) is 24.3. The number of likely N-dealkylation sites (tertiary alicyclic amines) is 1. The van der Waals surface area contributed by atoms with E-state index in [1.807, 2.05) is 68.2 Å². The summed E-state index contributed by atoms with van der Waals surface area (Å²) in [5.74, 6) is -1.70. The van der Waals surface area contributed by atoms with Crippen LogP contribution in [0.15, 0.2) is 54.6 Å². The molecule has 4 aliphatic rings. The van der Waals surface area contributed by atoms with Gasteiger partial charge in [0.25, 0.3) is 0 Å². The third-order valence-corrected chi connectivity index (χ3v) is 11.1. The van der Waals surface area contributed by atoms with Crippen LogP contribution in [0, 0.1) is 17.8 Å². The zero-order valence-electron chi connectivity index (χ0n) is 23.5. The Bertz CT molecular complexity index is 1170. The highest BCUT2D eigenvalue weighted by Gasteiger charge is 2.74. The molecule has 4 aliphatic heterocycles. The summed E-state index contributed by atoms with van der Waals surface area (Å²) in [5, 5.41) is 10.6. The number of amides is 3.